The van der Waals surface area contributed by atoms with Gasteiger partial charge in [0.05, 0.1) is 0 Å². The summed E-state index contributed by atoms with van der Waals surface area (Å²) in [5.41, 5.74) is 1.45. The van der Waals surface area contributed by atoms with Crippen LogP contribution in [0.1, 0.15) is 11.6 Å². The summed E-state index contributed by atoms with van der Waals surface area (Å²) >= 11 is 0. The van der Waals surface area contributed by atoms with Gasteiger partial charge in [0.2, 0.25) is 5.91 Å². The maximum atomic E-state index is 12.5. The lowest BCUT2D eigenvalue weighted by molar-refractivity contribution is -0.127. The fraction of sp³-hybridized carbons (Fsp3) is 0.188. The van der Waals surface area contributed by atoms with Gasteiger partial charge in [-0.1, -0.05) is 30.3 Å². The van der Waals surface area contributed by atoms with Crippen LogP contribution in [0.3, 0.4) is 0 Å². The molecule has 1 saturated heterocycles. The fourth-order valence-corrected chi connectivity index (χ4v) is 2.48. The van der Waals surface area contributed by atoms with Crippen LogP contribution in [-0.2, 0) is 4.79 Å². The Balaban J connectivity index is 1.83. The van der Waals surface area contributed by atoms with E-state index in [9.17, 15) is 9.59 Å². The average Bonchev–Trinajstić information content (AvgIpc) is 2.56. The van der Waals surface area contributed by atoms with Crippen LogP contribution in [0, 0.1) is 0 Å². The minimum atomic E-state index is -0.614. The van der Waals surface area contributed by atoms with Gasteiger partial charge in [-0.15, -0.1) is 0 Å². The molecule has 0 aliphatic carbocycles. The highest BCUT2D eigenvalue weighted by Gasteiger charge is 2.34. The highest BCUT2D eigenvalue weighted by atomic mass is 16.2. The molecule has 1 fully saturated rings. The fourth-order valence-electron chi connectivity index (χ4n) is 2.48. The van der Waals surface area contributed by atoms with E-state index in [1.165, 1.54) is 0 Å². The molecule has 0 bridgehead atoms. The first-order chi connectivity index (χ1) is 10.8. The molecular formula is C16H16N4O2. The predicted molar refractivity (Wildman–Crippen MR) is 82.2 cm³/mol. The van der Waals surface area contributed by atoms with Crippen molar-refractivity contribution in [3.05, 3.63) is 60.4 Å². The van der Waals surface area contributed by atoms with Crippen LogP contribution in [0.4, 0.5) is 10.5 Å². The minimum Gasteiger partial charge on any atom is -0.352 e. The van der Waals surface area contributed by atoms with Crippen molar-refractivity contribution >= 4 is 17.6 Å². The summed E-state index contributed by atoms with van der Waals surface area (Å²) in [7, 11) is 0. The second-order valence-corrected chi connectivity index (χ2v) is 4.96. The molecule has 1 aromatic heterocycles. The first-order valence-electron chi connectivity index (χ1n) is 7.06. The molecule has 6 heteroatoms. The second-order valence-electron chi connectivity index (χ2n) is 4.96. The smallest absolute Gasteiger partial charge is 0.322 e. The number of carbonyl (C=O) groups is 2. The van der Waals surface area contributed by atoms with Crippen molar-refractivity contribution in [3.63, 3.8) is 0 Å². The largest absolute Gasteiger partial charge is 0.352 e. The molecule has 0 spiro atoms. The van der Waals surface area contributed by atoms with E-state index in [4.69, 9.17) is 0 Å². The van der Waals surface area contributed by atoms with E-state index < -0.39 is 6.04 Å². The van der Waals surface area contributed by atoms with Gasteiger partial charge >= 0.3 is 6.03 Å². The molecule has 2 heterocycles. The van der Waals surface area contributed by atoms with Crippen LogP contribution in [0.25, 0.3) is 0 Å². The first-order valence-corrected chi connectivity index (χ1v) is 7.06. The zero-order valence-corrected chi connectivity index (χ0v) is 11.9. The minimum absolute atomic E-state index is 0.165. The molecule has 3 amide bonds. The maximum Gasteiger partial charge on any atom is 0.322 e. The number of benzene rings is 1. The summed E-state index contributed by atoms with van der Waals surface area (Å²) in [5.74, 6) is -0.165. The van der Waals surface area contributed by atoms with E-state index in [0.29, 0.717) is 18.8 Å². The Morgan fingerprint density at radius 1 is 1.18 bits per heavy atom. The Bertz CT molecular complexity index is 660. The molecule has 1 aromatic carbocycles. The SMILES string of the molecule is O=C1NCCN(C(=O)Nc2ccncc2)[C@@H]1c1ccccc1. The normalized spacial score (nSPS) is 17.7. The molecule has 2 aromatic rings. The molecule has 112 valence electrons. The molecule has 0 saturated carbocycles. The number of hydrogen-bond donors (Lipinski definition) is 2. The van der Waals surface area contributed by atoms with E-state index in [1.54, 1.807) is 29.4 Å². The van der Waals surface area contributed by atoms with Gasteiger partial charge < -0.3 is 15.5 Å². The Morgan fingerprint density at radius 3 is 2.64 bits per heavy atom. The maximum absolute atomic E-state index is 12.5. The van der Waals surface area contributed by atoms with E-state index >= 15 is 0 Å². The Labute approximate surface area is 128 Å². The summed E-state index contributed by atoms with van der Waals surface area (Å²) in [6.45, 7) is 0.911. The number of aromatic nitrogens is 1. The number of nitrogens with one attached hydrogen (secondary N) is 2. The molecular weight excluding hydrogens is 280 g/mol. The number of urea groups is 1. The van der Waals surface area contributed by atoms with Crippen LogP contribution < -0.4 is 10.6 Å². The molecule has 3 rings (SSSR count). The molecule has 6 nitrogen and oxygen atoms in total. The molecule has 1 atom stereocenters. The van der Waals surface area contributed by atoms with Crippen molar-refractivity contribution in [1.29, 1.82) is 0 Å². The molecule has 1 aliphatic rings. The monoisotopic (exact) mass is 296 g/mol. The Morgan fingerprint density at radius 2 is 1.91 bits per heavy atom. The summed E-state index contributed by atoms with van der Waals surface area (Å²) in [6, 6.07) is 11.8. The van der Waals surface area contributed by atoms with Crippen LogP contribution in [0.2, 0.25) is 0 Å². The molecule has 2 N–H and O–H groups in total. The zero-order valence-electron chi connectivity index (χ0n) is 11.9. The summed E-state index contributed by atoms with van der Waals surface area (Å²) in [4.78, 5) is 30.2. The highest BCUT2D eigenvalue weighted by Crippen LogP contribution is 2.24. The van der Waals surface area contributed by atoms with Gasteiger partial charge in [-0.25, -0.2) is 4.79 Å². The van der Waals surface area contributed by atoms with Crippen molar-refractivity contribution in [1.82, 2.24) is 15.2 Å². The topological polar surface area (TPSA) is 74.3 Å². The van der Waals surface area contributed by atoms with Crippen molar-refractivity contribution in [2.75, 3.05) is 18.4 Å². The average molecular weight is 296 g/mol. The number of nitrogens with zero attached hydrogens (tertiary/aromatic N) is 2. The van der Waals surface area contributed by atoms with E-state index in [1.807, 2.05) is 30.3 Å². The Hall–Kier alpha value is -2.89. The number of rotatable bonds is 2. The van der Waals surface area contributed by atoms with Gasteiger partial charge in [0, 0.05) is 31.2 Å². The van der Waals surface area contributed by atoms with Crippen LogP contribution >= 0.6 is 0 Å². The molecule has 0 unspecified atom stereocenters. The lowest BCUT2D eigenvalue weighted by Gasteiger charge is -2.35. The third-order valence-electron chi connectivity index (χ3n) is 3.52. The number of piperazine rings is 1. The van der Waals surface area contributed by atoms with Gasteiger partial charge in [-0.05, 0) is 17.7 Å². The summed E-state index contributed by atoms with van der Waals surface area (Å²) < 4.78 is 0. The predicted octanol–water partition coefficient (Wildman–Crippen LogP) is 1.79. The van der Waals surface area contributed by atoms with Crippen LogP contribution in [0.5, 0.6) is 0 Å². The number of carbonyl (C=O) groups excluding carboxylic acids is 2. The molecule has 22 heavy (non-hydrogen) atoms. The highest BCUT2D eigenvalue weighted by molar-refractivity contribution is 5.95. The second kappa shape index (κ2) is 6.26. The Kier molecular flexibility index (Phi) is 4.00. The summed E-state index contributed by atoms with van der Waals surface area (Å²) in [6.07, 6.45) is 3.21. The van der Waals surface area contributed by atoms with Gasteiger partial charge in [0.15, 0.2) is 0 Å². The quantitative estimate of drug-likeness (QED) is 0.887. The van der Waals surface area contributed by atoms with Crippen molar-refractivity contribution < 1.29 is 9.59 Å². The standard InChI is InChI=1S/C16H16N4O2/c21-15-14(12-4-2-1-3-5-12)20(11-10-18-15)16(22)19-13-6-8-17-9-7-13/h1-9,14H,10-11H2,(H,18,21)(H,17,19,22)/t14-/m1/s1. The van der Waals surface area contributed by atoms with Gasteiger partial charge in [0.1, 0.15) is 6.04 Å². The number of pyridine rings is 1. The van der Waals surface area contributed by atoms with Crippen molar-refractivity contribution in [2.24, 2.45) is 0 Å². The molecule has 0 radical (unpaired) electrons. The number of anilines is 1. The first kappa shape index (κ1) is 14.1. The van der Waals surface area contributed by atoms with E-state index in [0.717, 1.165) is 5.56 Å². The number of hydrogen-bond acceptors (Lipinski definition) is 3. The summed E-state index contributed by atoms with van der Waals surface area (Å²) in [5, 5.41) is 5.61. The van der Waals surface area contributed by atoms with Gasteiger partial charge in [-0.3, -0.25) is 9.78 Å². The van der Waals surface area contributed by atoms with Crippen molar-refractivity contribution in [3.8, 4) is 0 Å². The van der Waals surface area contributed by atoms with Crippen molar-refractivity contribution in [2.45, 2.75) is 6.04 Å². The zero-order chi connectivity index (χ0) is 15.4. The van der Waals surface area contributed by atoms with Crippen LogP contribution in [-0.4, -0.2) is 34.9 Å². The van der Waals surface area contributed by atoms with E-state index in [-0.39, 0.29) is 11.9 Å². The lowest BCUT2D eigenvalue weighted by atomic mass is 10.0. The molecule has 1 aliphatic heterocycles. The third kappa shape index (κ3) is 2.90. The number of amides is 3. The van der Waals surface area contributed by atoms with Gasteiger partial charge in [0.25, 0.3) is 0 Å². The lowest BCUT2D eigenvalue weighted by Crippen LogP contribution is -2.53. The van der Waals surface area contributed by atoms with Gasteiger partial charge in [-0.2, -0.15) is 0 Å². The third-order valence-corrected chi connectivity index (χ3v) is 3.52. The van der Waals surface area contributed by atoms with E-state index in [2.05, 4.69) is 15.6 Å². The van der Waals surface area contributed by atoms with Crippen LogP contribution in [0.15, 0.2) is 54.9 Å².